The second-order valence-corrected chi connectivity index (χ2v) is 19.0. The molecule has 2 aromatic carbocycles. The second-order valence-electron chi connectivity index (χ2n) is 17.6. The quantitative estimate of drug-likeness (QED) is 0.0721. The maximum absolute atomic E-state index is 14.7. The first-order valence-corrected chi connectivity index (χ1v) is 21.8. The van der Waals surface area contributed by atoms with Crippen molar-refractivity contribution < 1.29 is 48.2 Å². The summed E-state index contributed by atoms with van der Waals surface area (Å²) in [6, 6.07) is 20.3. The van der Waals surface area contributed by atoms with Gasteiger partial charge in [0.05, 0.1) is 12.2 Å². The first kappa shape index (κ1) is 48.0. The molecule has 16 nitrogen and oxygen atoms in total. The minimum Gasteiger partial charge on any atom is -0.256 e. The molecule has 4 rings (SSSR count). The number of likely N-dealkylation sites (N-methyl/N-ethyl adjacent to an activating group) is 1. The number of aryl methyl sites for hydroxylation is 1. The molecule has 17 heteroatoms. The van der Waals surface area contributed by atoms with Gasteiger partial charge in [0, 0.05) is 5.69 Å². The third kappa shape index (κ3) is 14.2. The zero-order valence-corrected chi connectivity index (χ0v) is 36.9. The minimum atomic E-state index is -5.05. The summed E-state index contributed by atoms with van der Waals surface area (Å²) in [6.45, 7) is 13.0. The van der Waals surface area contributed by atoms with E-state index in [9.17, 15) is 39.0 Å². The number of pyridine rings is 1. The number of carbonyl (C=O) groups is 4. The summed E-state index contributed by atoms with van der Waals surface area (Å²) in [6.07, 6.45) is -1.85. The van der Waals surface area contributed by atoms with E-state index in [4.69, 9.17) is 9.26 Å². The molecule has 6 N–H and O–H groups in total. The molecule has 0 saturated carbocycles. The molecule has 1 aromatic heterocycles. The number of carboxylic acid groups (broad SMARTS) is 1. The molecule has 1 aliphatic rings. The summed E-state index contributed by atoms with van der Waals surface area (Å²) in [4.78, 5) is 93.0. The fourth-order valence-corrected chi connectivity index (χ4v) is 7.97. The summed E-state index contributed by atoms with van der Waals surface area (Å²) in [5, 5.41) is 16.2. The van der Waals surface area contributed by atoms with Gasteiger partial charge in [-0.05, 0) is 19.1 Å². The molecule has 1 saturated heterocycles. The van der Waals surface area contributed by atoms with Crippen molar-refractivity contribution in [1.82, 2.24) is 30.3 Å². The summed E-state index contributed by atoms with van der Waals surface area (Å²) in [5.74, 6) is -1.01. The number of rotatable bonds is 19. The topological polar surface area (TPSA) is 214 Å². The van der Waals surface area contributed by atoms with E-state index in [-0.39, 0.29) is 18.9 Å². The standard InChI is InChI=1S/C43H63N6O10P/c1-29-16-15-21-32(44-29)27-48-22-23-49(40(48)52)37(43(5,6)7)39(51)45-33(24-30-17-11-9-12-18-30)26-35(58-28-59-60(55,56)57)34(25-31-19-13-10-14-20-31)46-38(50)36(42(2,3)4)47(8)41(53)54/h9-21,33-37,55-57,60H,22-28H2,1-8H3,(H,45,51)(H,46,50)(H,53,54)/t33-,34-,35-,36+,37+/m0/s1. The smallest absolute Gasteiger partial charge is 0.256 e. The van der Waals surface area contributed by atoms with Crippen LogP contribution in [0.2, 0.25) is 0 Å². The Bertz CT molecular complexity index is 1890. The molecule has 330 valence electrons. The van der Waals surface area contributed by atoms with E-state index in [1.807, 2.05) is 107 Å². The van der Waals surface area contributed by atoms with Gasteiger partial charge >= 0.3 is 306 Å². The summed E-state index contributed by atoms with van der Waals surface area (Å²) >= 11 is 0. The average molecular weight is 855 g/mol. The van der Waals surface area contributed by atoms with Crippen LogP contribution >= 0.6 is 8.17 Å². The van der Waals surface area contributed by atoms with E-state index in [1.165, 1.54) is 7.05 Å². The van der Waals surface area contributed by atoms with E-state index in [0.29, 0.717) is 26.1 Å². The number of hydrogen-bond acceptors (Lipinski definition) is 10. The molecule has 3 aromatic rings. The van der Waals surface area contributed by atoms with Crippen LogP contribution in [-0.4, -0.2) is 121 Å². The van der Waals surface area contributed by atoms with Crippen molar-refractivity contribution in [2.45, 2.75) is 105 Å². The number of nitrogens with one attached hydrogen (secondary N) is 2. The van der Waals surface area contributed by atoms with Gasteiger partial charge in [-0.3, -0.25) is 4.98 Å². The van der Waals surface area contributed by atoms with Gasteiger partial charge in [0.1, 0.15) is 0 Å². The number of nitrogens with zero attached hydrogens (tertiary/aromatic N) is 4. The number of ether oxygens (including phenoxy) is 1. The predicted octanol–water partition coefficient (Wildman–Crippen LogP) is 4.66. The Morgan fingerprint density at radius 3 is 1.97 bits per heavy atom. The minimum absolute atomic E-state index is 0.0174. The molecule has 0 aliphatic carbocycles. The Balaban J connectivity index is 1.72. The zero-order valence-electron chi connectivity index (χ0n) is 35.9. The second kappa shape index (κ2) is 20.7. The van der Waals surface area contributed by atoms with Crippen molar-refractivity contribution in [2.24, 2.45) is 10.8 Å². The molecule has 0 bridgehead atoms. The van der Waals surface area contributed by atoms with E-state index in [1.54, 1.807) is 30.6 Å². The normalized spacial score (nSPS) is 16.4. The van der Waals surface area contributed by atoms with Gasteiger partial charge < -0.3 is 0 Å². The van der Waals surface area contributed by atoms with Gasteiger partial charge in [-0.25, -0.2) is 0 Å². The van der Waals surface area contributed by atoms with Crippen LogP contribution in [0, 0.1) is 17.8 Å². The maximum atomic E-state index is 14.7. The van der Waals surface area contributed by atoms with Crippen LogP contribution in [0.25, 0.3) is 0 Å². The molecular weight excluding hydrogens is 791 g/mol. The van der Waals surface area contributed by atoms with Crippen LogP contribution < -0.4 is 10.6 Å². The molecule has 1 aliphatic heterocycles. The van der Waals surface area contributed by atoms with Gasteiger partial charge in [-0.15, -0.1) is 0 Å². The van der Waals surface area contributed by atoms with Crippen LogP contribution in [0.5, 0.6) is 0 Å². The van der Waals surface area contributed by atoms with E-state index in [2.05, 4.69) is 15.6 Å². The fraction of sp³-hybridized carbons (Fsp3) is 0.512. The SMILES string of the molecule is Cc1cccc(CN2CCN([C@H](C(=O)N[C@@H](Cc3ccccc3)C[C@H](OCO[PH](O)(O)O)[C@H](Cc3ccccc3)NC(=O)[C@@H](N(C)C(=O)O)C(C)(C)C)C(C)(C)C)C2=O)n1. The van der Waals surface area contributed by atoms with E-state index < -0.39 is 74.0 Å². The van der Waals surface area contributed by atoms with E-state index in [0.717, 1.165) is 27.4 Å². The Labute approximate surface area is 353 Å². The Morgan fingerprint density at radius 1 is 0.833 bits per heavy atom. The number of carbonyl (C=O) groups excluding carboxylic acids is 3. The van der Waals surface area contributed by atoms with Gasteiger partial charge in [0.2, 0.25) is 0 Å². The third-order valence-corrected chi connectivity index (χ3v) is 10.9. The molecule has 0 unspecified atom stereocenters. The first-order valence-electron chi connectivity index (χ1n) is 20.1. The van der Waals surface area contributed by atoms with Crippen LogP contribution in [-0.2, 0) is 38.2 Å². The zero-order chi connectivity index (χ0) is 44.4. The molecule has 5 amide bonds. The average Bonchev–Trinajstić information content (AvgIpc) is 3.48. The number of benzene rings is 2. The monoisotopic (exact) mass is 854 g/mol. The molecular formula is C43H63N6O10P. The number of hydrogen-bond donors (Lipinski definition) is 6. The predicted molar refractivity (Wildman–Crippen MR) is 228 cm³/mol. The Morgan fingerprint density at radius 2 is 1.43 bits per heavy atom. The number of aromatic nitrogens is 1. The molecule has 5 atom stereocenters. The van der Waals surface area contributed by atoms with Crippen molar-refractivity contribution in [1.29, 1.82) is 0 Å². The summed E-state index contributed by atoms with van der Waals surface area (Å²) in [7, 11) is -3.73. The van der Waals surface area contributed by atoms with Gasteiger partial charge in [-0.1, -0.05) is 6.07 Å². The van der Waals surface area contributed by atoms with Gasteiger partial charge in [0.15, 0.2) is 0 Å². The van der Waals surface area contributed by atoms with E-state index >= 15 is 0 Å². The van der Waals surface area contributed by atoms with Crippen molar-refractivity contribution in [2.75, 3.05) is 26.9 Å². The van der Waals surface area contributed by atoms with Gasteiger partial charge in [0.25, 0.3) is 0 Å². The van der Waals surface area contributed by atoms with Crippen molar-refractivity contribution in [3.8, 4) is 0 Å². The molecule has 1 fully saturated rings. The fourth-order valence-electron chi connectivity index (χ4n) is 7.74. The molecule has 2 heterocycles. The van der Waals surface area contributed by atoms with Gasteiger partial charge in [-0.2, -0.15) is 0 Å². The molecule has 0 spiro atoms. The summed E-state index contributed by atoms with van der Waals surface area (Å²) < 4.78 is 11.0. The third-order valence-electron chi connectivity index (χ3n) is 10.4. The number of amides is 5. The van der Waals surface area contributed by atoms with Crippen LogP contribution in [0.3, 0.4) is 0 Å². The number of urea groups is 1. The molecule has 0 radical (unpaired) electrons. The van der Waals surface area contributed by atoms with Crippen molar-refractivity contribution in [3.63, 3.8) is 0 Å². The Kier molecular flexibility index (Phi) is 16.6. The Hall–Kier alpha value is -4.70. The van der Waals surface area contributed by atoms with Crippen molar-refractivity contribution in [3.05, 3.63) is 101 Å². The molecule has 60 heavy (non-hydrogen) atoms. The van der Waals surface area contributed by atoms with Crippen LogP contribution in [0.15, 0.2) is 78.9 Å². The van der Waals surface area contributed by atoms with Crippen molar-refractivity contribution >= 4 is 32.1 Å². The van der Waals surface area contributed by atoms with Crippen LogP contribution in [0.1, 0.15) is 70.5 Å². The first-order chi connectivity index (χ1) is 28.0. The summed E-state index contributed by atoms with van der Waals surface area (Å²) in [5.41, 5.74) is 1.68. The van der Waals surface area contributed by atoms with Crippen LogP contribution in [0.4, 0.5) is 9.59 Å².